The summed E-state index contributed by atoms with van der Waals surface area (Å²) < 4.78 is 38.4. The van der Waals surface area contributed by atoms with Crippen molar-refractivity contribution in [3.63, 3.8) is 0 Å². The van der Waals surface area contributed by atoms with E-state index < -0.39 is 11.6 Å². The zero-order valence-corrected chi connectivity index (χ0v) is 13.7. The van der Waals surface area contributed by atoms with Crippen molar-refractivity contribution in [3.05, 3.63) is 48.0 Å². The highest BCUT2D eigenvalue weighted by atomic mass is 19.1. The standard InChI is InChI=1S/C19H18F2O4/c1-2-24-19(23)15-7-12(15)10-25-18-6-3-11(8-17(18)21)14-9-13(22)4-5-16(14)20/h3-6,8-9,12,15,22H,2,7,10H2,1H3. The Bertz CT molecular complexity index is 791. The average molecular weight is 348 g/mol. The van der Waals surface area contributed by atoms with Crippen molar-refractivity contribution in [2.45, 2.75) is 13.3 Å². The lowest BCUT2D eigenvalue weighted by molar-refractivity contribution is -0.145. The maximum absolute atomic E-state index is 14.2. The van der Waals surface area contributed by atoms with Gasteiger partial charge in [-0.05, 0) is 49.2 Å². The van der Waals surface area contributed by atoms with Gasteiger partial charge in [-0.2, -0.15) is 0 Å². The molecule has 0 amide bonds. The first-order valence-corrected chi connectivity index (χ1v) is 8.07. The van der Waals surface area contributed by atoms with Gasteiger partial charge in [0.15, 0.2) is 11.6 Å². The number of hydrogen-bond donors (Lipinski definition) is 1. The lowest BCUT2D eigenvalue weighted by Crippen LogP contribution is -2.11. The van der Waals surface area contributed by atoms with Crippen LogP contribution >= 0.6 is 0 Å². The molecule has 0 radical (unpaired) electrons. The summed E-state index contributed by atoms with van der Waals surface area (Å²) in [5.74, 6) is -1.64. The average Bonchev–Trinajstić information content (AvgIpc) is 3.36. The number of hydrogen-bond acceptors (Lipinski definition) is 4. The number of rotatable bonds is 6. The maximum Gasteiger partial charge on any atom is 0.309 e. The molecule has 3 rings (SSSR count). The predicted molar refractivity (Wildman–Crippen MR) is 87.2 cm³/mol. The molecular weight excluding hydrogens is 330 g/mol. The Balaban J connectivity index is 1.65. The molecule has 25 heavy (non-hydrogen) atoms. The van der Waals surface area contributed by atoms with E-state index in [9.17, 15) is 18.7 Å². The van der Waals surface area contributed by atoms with Crippen LogP contribution in [0.25, 0.3) is 11.1 Å². The minimum Gasteiger partial charge on any atom is -0.508 e. The van der Waals surface area contributed by atoms with Crippen LogP contribution in [0.1, 0.15) is 13.3 Å². The van der Waals surface area contributed by atoms with Gasteiger partial charge in [-0.15, -0.1) is 0 Å². The van der Waals surface area contributed by atoms with Crippen LogP contribution in [0.3, 0.4) is 0 Å². The highest BCUT2D eigenvalue weighted by molar-refractivity contribution is 5.75. The van der Waals surface area contributed by atoms with Gasteiger partial charge in [0.25, 0.3) is 0 Å². The Morgan fingerprint density at radius 2 is 2.00 bits per heavy atom. The lowest BCUT2D eigenvalue weighted by Gasteiger charge is -2.10. The van der Waals surface area contributed by atoms with Gasteiger partial charge in [-0.25, -0.2) is 8.78 Å². The molecule has 1 fully saturated rings. The summed E-state index contributed by atoms with van der Waals surface area (Å²) in [5.41, 5.74) is 0.407. The lowest BCUT2D eigenvalue weighted by atomic mass is 10.0. The number of carbonyl (C=O) groups is 1. The number of benzene rings is 2. The minimum absolute atomic E-state index is 0.0293. The van der Waals surface area contributed by atoms with Gasteiger partial charge in [-0.1, -0.05) is 6.07 Å². The van der Waals surface area contributed by atoms with Crippen LogP contribution in [-0.2, 0) is 9.53 Å². The van der Waals surface area contributed by atoms with Crippen LogP contribution in [0.4, 0.5) is 8.78 Å². The minimum atomic E-state index is -0.631. The van der Waals surface area contributed by atoms with E-state index in [4.69, 9.17) is 9.47 Å². The first kappa shape index (κ1) is 17.2. The van der Waals surface area contributed by atoms with Gasteiger partial charge < -0.3 is 14.6 Å². The van der Waals surface area contributed by atoms with Crippen LogP contribution < -0.4 is 4.74 Å². The number of esters is 1. The van der Waals surface area contributed by atoms with Crippen molar-refractivity contribution < 1.29 is 28.2 Å². The first-order chi connectivity index (χ1) is 12.0. The molecule has 1 aliphatic rings. The van der Waals surface area contributed by atoms with E-state index in [0.717, 1.165) is 12.1 Å². The number of ether oxygens (including phenoxy) is 2. The summed E-state index contributed by atoms with van der Waals surface area (Å²) in [4.78, 5) is 11.5. The number of phenols is 1. The summed E-state index contributed by atoms with van der Waals surface area (Å²) in [6, 6.07) is 7.67. The maximum atomic E-state index is 14.2. The number of phenolic OH excluding ortho intramolecular Hbond substituents is 1. The van der Waals surface area contributed by atoms with E-state index >= 15 is 0 Å². The Hall–Kier alpha value is -2.63. The quantitative estimate of drug-likeness (QED) is 0.804. The highest BCUT2D eigenvalue weighted by Crippen LogP contribution is 2.40. The number of aromatic hydroxyl groups is 1. The topological polar surface area (TPSA) is 55.8 Å². The van der Waals surface area contributed by atoms with Gasteiger partial charge in [-0.3, -0.25) is 4.79 Å². The zero-order chi connectivity index (χ0) is 18.0. The summed E-state index contributed by atoms with van der Waals surface area (Å²) in [7, 11) is 0. The molecule has 0 aliphatic heterocycles. The zero-order valence-electron chi connectivity index (χ0n) is 13.7. The van der Waals surface area contributed by atoms with Gasteiger partial charge in [0.1, 0.15) is 11.6 Å². The molecule has 6 heteroatoms. The summed E-state index contributed by atoms with van der Waals surface area (Å²) >= 11 is 0. The molecule has 0 spiro atoms. The Morgan fingerprint density at radius 1 is 1.20 bits per heavy atom. The van der Waals surface area contributed by atoms with Crippen molar-refractivity contribution in [2.75, 3.05) is 13.2 Å². The van der Waals surface area contributed by atoms with Crippen molar-refractivity contribution in [2.24, 2.45) is 11.8 Å². The van der Waals surface area contributed by atoms with Gasteiger partial charge >= 0.3 is 5.97 Å². The smallest absolute Gasteiger partial charge is 0.309 e. The molecule has 4 nitrogen and oxygen atoms in total. The molecule has 2 unspecified atom stereocenters. The molecule has 2 aromatic rings. The second-order valence-corrected chi connectivity index (χ2v) is 5.97. The third-order valence-corrected chi connectivity index (χ3v) is 4.16. The predicted octanol–water partition coefficient (Wildman–Crippen LogP) is 3.92. The number of halogens is 2. The Kier molecular flexibility index (Phi) is 4.88. The molecular formula is C19H18F2O4. The molecule has 2 aromatic carbocycles. The fourth-order valence-corrected chi connectivity index (χ4v) is 2.69. The molecule has 0 bridgehead atoms. The second-order valence-electron chi connectivity index (χ2n) is 5.97. The molecule has 1 aliphatic carbocycles. The molecule has 2 atom stereocenters. The molecule has 1 saturated carbocycles. The van der Waals surface area contributed by atoms with E-state index in [0.29, 0.717) is 18.6 Å². The Labute approximate surface area is 144 Å². The summed E-state index contributed by atoms with van der Waals surface area (Å²) in [5, 5.41) is 9.46. The second kappa shape index (κ2) is 7.09. The van der Waals surface area contributed by atoms with Crippen molar-refractivity contribution in [3.8, 4) is 22.6 Å². The molecule has 1 N–H and O–H groups in total. The van der Waals surface area contributed by atoms with E-state index in [-0.39, 0.29) is 41.5 Å². The van der Waals surface area contributed by atoms with E-state index in [2.05, 4.69) is 0 Å². The van der Waals surface area contributed by atoms with E-state index in [1.807, 2.05) is 0 Å². The monoisotopic (exact) mass is 348 g/mol. The fourth-order valence-electron chi connectivity index (χ4n) is 2.69. The molecule has 0 heterocycles. The third kappa shape index (κ3) is 3.90. The van der Waals surface area contributed by atoms with Crippen LogP contribution in [-0.4, -0.2) is 24.3 Å². The van der Waals surface area contributed by atoms with Crippen molar-refractivity contribution >= 4 is 5.97 Å². The van der Waals surface area contributed by atoms with Gasteiger partial charge in [0.05, 0.1) is 19.1 Å². The SMILES string of the molecule is CCOC(=O)C1CC1COc1ccc(-c2cc(O)ccc2F)cc1F. The van der Waals surface area contributed by atoms with Crippen molar-refractivity contribution in [1.29, 1.82) is 0 Å². The Morgan fingerprint density at radius 3 is 2.72 bits per heavy atom. The van der Waals surface area contributed by atoms with Crippen LogP contribution in [0, 0.1) is 23.5 Å². The van der Waals surface area contributed by atoms with Gasteiger partial charge in [0.2, 0.25) is 0 Å². The largest absolute Gasteiger partial charge is 0.508 e. The molecule has 0 saturated heterocycles. The molecule has 0 aromatic heterocycles. The highest BCUT2D eigenvalue weighted by Gasteiger charge is 2.44. The van der Waals surface area contributed by atoms with Crippen LogP contribution in [0.15, 0.2) is 36.4 Å². The van der Waals surface area contributed by atoms with Crippen LogP contribution in [0.2, 0.25) is 0 Å². The molecule has 132 valence electrons. The van der Waals surface area contributed by atoms with Crippen molar-refractivity contribution in [1.82, 2.24) is 0 Å². The first-order valence-electron chi connectivity index (χ1n) is 8.07. The summed E-state index contributed by atoms with van der Waals surface area (Å²) in [6.45, 7) is 2.31. The normalized spacial score (nSPS) is 18.7. The van der Waals surface area contributed by atoms with E-state index in [1.54, 1.807) is 6.92 Å². The van der Waals surface area contributed by atoms with Crippen LogP contribution in [0.5, 0.6) is 11.5 Å². The third-order valence-electron chi connectivity index (χ3n) is 4.16. The summed E-state index contributed by atoms with van der Waals surface area (Å²) in [6.07, 6.45) is 0.674. The fraction of sp³-hybridized carbons (Fsp3) is 0.316. The number of carbonyl (C=O) groups excluding carboxylic acids is 1. The van der Waals surface area contributed by atoms with E-state index in [1.165, 1.54) is 24.3 Å². The van der Waals surface area contributed by atoms with Gasteiger partial charge in [0, 0.05) is 11.5 Å².